The van der Waals surface area contributed by atoms with Crippen LogP contribution in [0.2, 0.25) is 0 Å². The van der Waals surface area contributed by atoms with E-state index >= 15 is 0 Å². The van der Waals surface area contributed by atoms with Crippen molar-refractivity contribution in [2.45, 2.75) is 52.7 Å². The average molecular weight is 342 g/mol. The fraction of sp³-hybridized carbons (Fsp3) is 0.455. The molecule has 0 aliphatic rings. The van der Waals surface area contributed by atoms with E-state index in [-0.39, 0.29) is 12.2 Å². The van der Waals surface area contributed by atoms with Gasteiger partial charge in [0.05, 0.1) is 25.4 Å². The largest absolute Gasteiger partial charge is 0.491 e. The maximum absolute atomic E-state index is 5.85. The van der Waals surface area contributed by atoms with Gasteiger partial charge in [0.25, 0.3) is 0 Å². The Kier molecular flexibility index (Phi) is 7.80. The van der Waals surface area contributed by atoms with Crippen molar-refractivity contribution in [3.63, 3.8) is 0 Å². The van der Waals surface area contributed by atoms with E-state index in [1.54, 1.807) is 0 Å². The van der Waals surface area contributed by atoms with Gasteiger partial charge in [-0.25, -0.2) is 0 Å². The van der Waals surface area contributed by atoms with Gasteiger partial charge in [-0.3, -0.25) is 0 Å². The Bertz CT molecular complexity index is 579. The van der Waals surface area contributed by atoms with Crippen LogP contribution in [0.25, 0.3) is 0 Å². The average Bonchev–Trinajstić information content (AvgIpc) is 2.56. The van der Waals surface area contributed by atoms with Gasteiger partial charge in [0.1, 0.15) is 11.5 Å². The minimum absolute atomic E-state index is 0.180. The summed E-state index contributed by atoms with van der Waals surface area (Å²) in [6.45, 7) is 9.55. The molecule has 0 heterocycles. The smallest absolute Gasteiger partial charge is 0.122 e. The third kappa shape index (κ3) is 6.79. The lowest BCUT2D eigenvalue weighted by Gasteiger charge is -2.15. The highest BCUT2D eigenvalue weighted by atomic mass is 16.5. The van der Waals surface area contributed by atoms with Crippen LogP contribution in [0.3, 0.4) is 0 Å². The molecule has 0 aromatic heterocycles. The van der Waals surface area contributed by atoms with Crippen LogP contribution < -0.4 is 9.47 Å². The van der Waals surface area contributed by atoms with Crippen LogP contribution >= 0.6 is 0 Å². The van der Waals surface area contributed by atoms with Crippen molar-refractivity contribution in [3.8, 4) is 11.5 Å². The van der Waals surface area contributed by atoms with Gasteiger partial charge in [-0.05, 0) is 63.8 Å². The molecule has 0 saturated heterocycles. The third-order valence-electron chi connectivity index (χ3n) is 3.70. The van der Waals surface area contributed by atoms with Crippen molar-refractivity contribution in [2.75, 3.05) is 13.2 Å². The van der Waals surface area contributed by atoms with E-state index in [9.17, 15) is 0 Å². The number of hydrogen-bond acceptors (Lipinski definition) is 3. The molecular formula is C22H30O3. The quantitative estimate of drug-likeness (QED) is 0.565. The summed E-state index contributed by atoms with van der Waals surface area (Å²) in [4.78, 5) is 0. The minimum Gasteiger partial charge on any atom is -0.491 e. The molecule has 2 aromatic carbocycles. The van der Waals surface area contributed by atoms with E-state index in [1.165, 1.54) is 11.1 Å². The standard InChI is InChI=1S/C22H30O3/c1-17(2)24-21-11-7-5-9-19(21)13-15-23-16-14-20-10-6-8-12-22(20)25-18(3)4/h5-12,17-18H,13-16H2,1-4H3. The molecule has 136 valence electrons. The molecule has 25 heavy (non-hydrogen) atoms. The summed E-state index contributed by atoms with van der Waals surface area (Å²) in [7, 11) is 0. The molecule has 0 N–H and O–H groups in total. The fourth-order valence-electron chi connectivity index (χ4n) is 2.62. The molecule has 0 unspecified atom stereocenters. The lowest BCUT2D eigenvalue weighted by Crippen LogP contribution is -2.10. The molecule has 0 atom stereocenters. The molecule has 0 spiro atoms. The van der Waals surface area contributed by atoms with Gasteiger partial charge in [-0.2, -0.15) is 0 Å². The normalized spacial score (nSPS) is 11.1. The van der Waals surface area contributed by atoms with Gasteiger partial charge in [0, 0.05) is 0 Å². The zero-order chi connectivity index (χ0) is 18.1. The van der Waals surface area contributed by atoms with E-state index in [4.69, 9.17) is 14.2 Å². The van der Waals surface area contributed by atoms with Crippen molar-refractivity contribution in [1.82, 2.24) is 0 Å². The predicted octanol–water partition coefficient (Wildman–Crippen LogP) is 5.06. The number of hydrogen-bond donors (Lipinski definition) is 0. The van der Waals surface area contributed by atoms with Crippen LogP contribution in [0.5, 0.6) is 11.5 Å². The van der Waals surface area contributed by atoms with Gasteiger partial charge in [0.15, 0.2) is 0 Å². The van der Waals surface area contributed by atoms with Crippen molar-refractivity contribution < 1.29 is 14.2 Å². The minimum atomic E-state index is 0.180. The van der Waals surface area contributed by atoms with Crippen LogP contribution in [0.15, 0.2) is 48.5 Å². The first kappa shape index (κ1) is 19.3. The van der Waals surface area contributed by atoms with E-state index < -0.39 is 0 Å². The molecule has 2 rings (SSSR count). The Morgan fingerprint density at radius 1 is 0.640 bits per heavy atom. The summed E-state index contributed by atoms with van der Waals surface area (Å²) in [6.07, 6.45) is 2.07. The van der Waals surface area contributed by atoms with Gasteiger partial charge in [-0.1, -0.05) is 36.4 Å². The van der Waals surface area contributed by atoms with E-state index in [0.29, 0.717) is 13.2 Å². The van der Waals surface area contributed by atoms with E-state index in [1.807, 2.05) is 64.1 Å². The summed E-state index contributed by atoms with van der Waals surface area (Å²) in [6, 6.07) is 16.4. The Hall–Kier alpha value is -2.00. The fourth-order valence-corrected chi connectivity index (χ4v) is 2.62. The Labute approximate surface area is 151 Å². The monoisotopic (exact) mass is 342 g/mol. The van der Waals surface area contributed by atoms with Crippen LogP contribution in [-0.2, 0) is 17.6 Å². The maximum atomic E-state index is 5.85. The van der Waals surface area contributed by atoms with Gasteiger partial charge < -0.3 is 14.2 Å². The summed E-state index contributed by atoms with van der Waals surface area (Å²) in [5, 5.41) is 0. The summed E-state index contributed by atoms with van der Waals surface area (Å²) in [5.74, 6) is 1.91. The lowest BCUT2D eigenvalue weighted by molar-refractivity contribution is 0.138. The van der Waals surface area contributed by atoms with Crippen molar-refractivity contribution >= 4 is 0 Å². The number of ether oxygens (including phenoxy) is 3. The van der Waals surface area contributed by atoms with Crippen molar-refractivity contribution in [2.24, 2.45) is 0 Å². The van der Waals surface area contributed by atoms with Gasteiger partial charge in [-0.15, -0.1) is 0 Å². The molecule has 3 nitrogen and oxygen atoms in total. The van der Waals surface area contributed by atoms with Crippen molar-refractivity contribution in [3.05, 3.63) is 59.7 Å². The highest BCUT2D eigenvalue weighted by molar-refractivity contribution is 5.34. The maximum Gasteiger partial charge on any atom is 0.122 e. The molecule has 0 saturated carbocycles. The molecule has 0 radical (unpaired) electrons. The molecule has 0 amide bonds. The topological polar surface area (TPSA) is 27.7 Å². The molecule has 0 aliphatic carbocycles. The summed E-state index contributed by atoms with van der Waals surface area (Å²) >= 11 is 0. The number of benzene rings is 2. The van der Waals surface area contributed by atoms with Crippen LogP contribution in [0, 0.1) is 0 Å². The van der Waals surface area contributed by atoms with Crippen LogP contribution in [0.1, 0.15) is 38.8 Å². The Morgan fingerprint density at radius 3 is 1.44 bits per heavy atom. The first-order valence-electron chi connectivity index (χ1n) is 9.13. The van der Waals surface area contributed by atoms with E-state index in [2.05, 4.69) is 12.1 Å². The number of para-hydroxylation sites is 2. The third-order valence-corrected chi connectivity index (χ3v) is 3.70. The molecule has 3 heteroatoms. The molecule has 0 fully saturated rings. The summed E-state index contributed by atoms with van der Waals surface area (Å²) < 4.78 is 17.6. The Balaban J connectivity index is 1.79. The predicted molar refractivity (Wildman–Crippen MR) is 103 cm³/mol. The first-order chi connectivity index (χ1) is 12.1. The zero-order valence-corrected chi connectivity index (χ0v) is 15.8. The molecule has 0 bridgehead atoms. The highest BCUT2D eigenvalue weighted by Crippen LogP contribution is 2.21. The number of rotatable bonds is 10. The highest BCUT2D eigenvalue weighted by Gasteiger charge is 2.07. The first-order valence-corrected chi connectivity index (χ1v) is 9.13. The van der Waals surface area contributed by atoms with Crippen LogP contribution in [-0.4, -0.2) is 25.4 Å². The SMILES string of the molecule is CC(C)Oc1ccccc1CCOCCc1ccccc1OC(C)C. The van der Waals surface area contributed by atoms with Crippen LogP contribution in [0.4, 0.5) is 0 Å². The Morgan fingerprint density at radius 2 is 1.04 bits per heavy atom. The van der Waals surface area contributed by atoms with Crippen molar-refractivity contribution in [1.29, 1.82) is 0 Å². The second-order valence-corrected chi connectivity index (χ2v) is 6.66. The molecular weight excluding hydrogens is 312 g/mol. The summed E-state index contributed by atoms with van der Waals surface area (Å²) in [5.41, 5.74) is 2.39. The molecule has 2 aromatic rings. The molecule has 0 aliphatic heterocycles. The van der Waals surface area contributed by atoms with Gasteiger partial charge in [0.2, 0.25) is 0 Å². The van der Waals surface area contributed by atoms with Gasteiger partial charge >= 0.3 is 0 Å². The lowest BCUT2D eigenvalue weighted by atomic mass is 10.1. The zero-order valence-electron chi connectivity index (χ0n) is 15.8. The van der Waals surface area contributed by atoms with E-state index in [0.717, 1.165) is 24.3 Å². The second kappa shape index (κ2) is 10.1. The second-order valence-electron chi connectivity index (χ2n) is 6.66.